The standard InChI is InChI=1S/C31H44N6O3SSi/c1-7-42(8-2,9-3)40-22(6)28-29-20(4)26(21(5)37(29)30(28)38)18-39-27-15-11-13-24-23(12-10-14-25(24)27)19-41-31-33-34-35-36(31)17-16-32/h10-15,20,22,28-29H,7-9,16-19,32H2,1-6H3/t20-,22+,28+,29+/m0/s1. The molecule has 9 nitrogen and oxygen atoms in total. The van der Waals surface area contributed by atoms with Crippen LogP contribution in [0.2, 0.25) is 18.1 Å². The zero-order valence-electron chi connectivity index (χ0n) is 25.7. The van der Waals surface area contributed by atoms with E-state index >= 15 is 0 Å². The summed E-state index contributed by atoms with van der Waals surface area (Å²) in [5, 5.41) is 14.9. The van der Waals surface area contributed by atoms with Crippen LogP contribution in [0.3, 0.4) is 0 Å². The number of hydrogen-bond acceptors (Lipinski definition) is 8. The molecule has 42 heavy (non-hydrogen) atoms. The van der Waals surface area contributed by atoms with E-state index in [9.17, 15) is 4.79 Å². The van der Waals surface area contributed by atoms with Gasteiger partial charge in [0.2, 0.25) is 11.1 Å². The molecule has 1 amide bonds. The number of hydrogen-bond donors (Lipinski definition) is 1. The van der Waals surface area contributed by atoms with Gasteiger partial charge in [-0.25, -0.2) is 4.68 Å². The van der Waals surface area contributed by atoms with Gasteiger partial charge >= 0.3 is 0 Å². The summed E-state index contributed by atoms with van der Waals surface area (Å²) in [6, 6.07) is 15.9. The van der Waals surface area contributed by atoms with E-state index in [4.69, 9.17) is 14.9 Å². The Balaban J connectivity index is 1.29. The van der Waals surface area contributed by atoms with Gasteiger partial charge in [0, 0.05) is 29.3 Å². The highest BCUT2D eigenvalue weighted by molar-refractivity contribution is 7.98. The van der Waals surface area contributed by atoms with E-state index in [1.54, 1.807) is 16.4 Å². The molecule has 1 saturated heterocycles. The maximum atomic E-state index is 13.4. The average molecular weight is 609 g/mol. The molecule has 3 aromatic rings. The van der Waals surface area contributed by atoms with Gasteiger partial charge < -0.3 is 19.8 Å². The van der Waals surface area contributed by atoms with Gasteiger partial charge in [-0.1, -0.05) is 69.8 Å². The van der Waals surface area contributed by atoms with E-state index in [0.717, 1.165) is 51.3 Å². The van der Waals surface area contributed by atoms with Crippen LogP contribution in [0.4, 0.5) is 0 Å². The van der Waals surface area contributed by atoms with Crippen LogP contribution in [-0.4, -0.2) is 64.6 Å². The highest BCUT2D eigenvalue weighted by Crippen LogP contribution is 2.48. The monoisotopic (exact) mass is 608 g/mol. The van der Waals surface area contributed by atoms with Crippen LogP contribution in [0.5, 0.6) is 5.75 Å². The van der Waals surface area contributed by atoms with Crippen molar-refractivity contribution >= 4 is 36.8 Å². The van der Waals surface area contributed by atoms with Crippen LogP contribution in [0, 0.1) is 11.8 Å². The Labute approximate surface area is 254 Å². The second-order valence-electron chi connectivity index (χ2n) is 11.5. The number of nitrogens with two attached hydrogens (primary N) is 1. The lowest BCUT2D eigenvalue weighted by Gasteiger charge is -2.49. The van der Waals surface area contributed by atoms with E-state index in [2.05, 4.69) is 81.3 Å². The molecule has 226 valence electrons. The van der Waals surface area contributed by atoms with Crippen LogP contribution in [0.25, 0.3) is 10.8 Å². The Bertz CT molecular complexity index is 1450. The summed E-state index contributed by atoms with van der Waals surface area (Å²) < 4.78 is 15.0. The van der Waals surface area contributed by atoms with Crippen LogP contribution in [0.15, 0.2) is 52.8 Å². The molecule has 0 aliphatic carbocycles. The first kappa shape index (κ1) is 30.7. The van der Waals surface area contributed by atoms with E-state index < -0.39 is 8.32 Å². The van der Waals surface area contributed by atoms with Crippen molar-refractivity contribution in [2.45, 2.75) is 89.3 Å². The molecule has 0 unspecified atom stereocenters. The van der Waals surface area contributed by atoms with Gasteiger partial charge in [-0.15, -0.1) is 5.10 Å². The normalized spacial score (nSPS) is 21.2. The molecule has 1 fully saturated rings. The van der Waals surface area contributed by atoms with Crippen molar-refractivity contribution < 1.29 is 14.0 Å². The van der Waals surface area contributed by atoms with Gasteiger partial charge in [0.15, 0.2) is 8.32 Å². The van der Waals surface area contributed by atoms with Gasteiger partial charge in [-0.05, 0) is 65.0 Å². The fraction of sp³-hybridized carbons (Fsp3) is 0.548. The zero-order chi connectivity index (χ0) is 30.0. The maximum Gasteiger partial charge on any atom is 0.234 e. The van der Waals surface area contributed by atoms with Crippen molar-refractivity contribution in [3.8, 4) is 5.75 Å². The minimum Gasteiger partial charge on any atom is -0.489 e. The number of rotatable bonds is 14. The van der Waals surface area contributed by atoms with Gasteiger partial charge in [0.25, 0.3) is 0 Å². The maximum absolute atomic E-state index is 13.4. The third-order valence-corrected chi connectivity index (χ3v) is 15.2. The summed E-state index contributed by atoms with van der Waals surface area (Å²) in [5.41, 5.74) is 9.12. The van der Waals surface area contributed by atoms with Crippen molar-refractivity contribution in [3.63, 3.8) is 0 Å². The van der Waals surface area contributed by atoms with Crippen LogP contribution >= 0.6 is 11.8 Å². The Hall–Kier alpha value is -2.73. The first-order valence-electron chi connectivity index (χ1n) is 15.2. The van der Waals surface area contributed by atoms with Crippen molar-refractivity contribution in [3.05, 3.63) is 53.2 Å². The lowest BCUT2D eigenvalue weighted by molar-refractivity contribution is -0.158. The summed E-state index contributed by atoms with van der Waals surface area (Å²) in [5.74, 6) is 1.90. The molecule has 2 N–H and O–H groups in total. The number of ether oxygens (including phenoxy) is 1. The average Bonchev–Trinajstić information content (AvgIpc) is 3.52. The SMILES string of the molecule is CC[Si](CC)(CC)O[C@H](C)[C@H]1C(=O)N2C(C)=C(COc3cccc4c(CSc5nnnn5CCN)cccc34)[C@H](C)[C@H]12. The first-order chi connectivity index (χ1) is 20.3. The predicted molar refractivity (Wildman–Crippen MR) is 170 cm³/mol. The minimum atomic E-state index is -1.80. The molecule has 2 aromatic carbocycles. The third-order valence-electron chi connectivity index (χ3n) is 9.50. The lowest BCUT2D eigenvalue weighted by Crippen LogP contribution is -2.64. The third kappa shape index (κ3) is 5.52. The van der Waals surface area contributed by atoms with Crippen molar-refractivity contribution in [2.75, 3.05) is 13.2 Å². The first-order valence-corrected chi connectivity index (χ1v) is 18.7. The highest BCUT2D eigenvalue weighted by Gasteiger charge is 2.58. The number of benzene rings is 2. The number of aromatic nitrogens is 4. The number of carbonyl (C=O) groups is 1. The Morgan fingerprint density at radius 1 is 1.10 bits per heavy atom. The second-order valence-corrected chi connectivity index (χ2v) is 17.2. The smallest absolute Gasteiger partial charge is 0.234 e. The largest absolute Gasteiger partial charge is 0.489 e. The Morgan fingerprint density at radius 2 is 1.81 bits per heavy atom. The Kier molecular flexibility index (Phi) is 9.41. The molecule has 3 heterocycles. The van der Waals surface area contributed by atoms with Crippen LogP contribution in [0.1, 0.15) is 47.1 Å². The number of β-lactam (4-membered cyclic amide) rings is 1. The van der Waals surface area contributed by atoms with Crippen molar-refractivity contribution in [1.29, 1.82) is 0 Å². The molecular weight excluding hydrogens is 565 g/mol. The molecular formula is C31H44N6O3SSi. The molecule has 0 bridgehead atoms. The lowest BCUT2D eigenvalue weighted by atomic mass is 9.78. The van der Waals surface area contributed by atoms with Crippen LogP contribution in [-0.2, 0) is 21.5 Å². The summed E-state index contributed by atoms with van der Waals surface area (Å²) in [7, 11) is -1.80. The van der Waals surface area contributed by atoms with Gasteiger partial charge in [0.1, 0.15) is 12.4 Å². The van der Waals surface area contributed by atoms with Crippen molar-refractivity contribution in [1.82, 2.24) is 25.1 Å². The predicted octanol–water partition coefficient (Wildman–Crippen LogP) is 5.62. The zero-order valence-corrected chi connectivity index (χ0v) is 27.5. The second kappa shape index (κ2) is 12.9. The number of nitrogens with zero attached hydrogens (tertiary/aromatic N) is 5. The number of amides is 1. The number of thioether (sulfide) groups is 1. The van der Waals surface area contributed by atoms with Gasteiger partial charge in [0.05, 0.1) is 24.6 Å². The molecule has 0 saturated carbocycles. The quantitative estimate of drug-likeness (QED) is 0.143. The molecule has 2 aliphatic rings. The highest BCUT2D eigenvalue weighted by atomic mass is 32.2. The molecule has 0 spiro atoms. The molecule has 0 radical (unpaired) electrons. The summed E-state index contributed by atoms with van der Waals surface area (Å²) in [4.78, 5) is 15.4. The summed E-state index contributed by atoms with van der Waals surface area (Å²) >= 11 is 1.60. The fourth-order valence-electron chi connectivity index (χ4n) is 6.79. The molecule has 4 atom stereocenters. The fourth-order valence-corrected chi connectivity index (χ4v) is 10.6. The number of tetrazole rings is 1. The van der Waals surface area contributed by atoms with E-state index in [-0.39, 0.29) is 29.9 Å². The van der Waals surface area contributed by atoms with Crippen LogP contribution < -0.4 is 10.5 Å². The molecule has 5 rings (SSSR count). The number of carbonyl (C=O) groups excluding carboxylic acids is 1. The Morgan fingerprint density at radius 3 is 2.52 bits per heavy atom. The van der Waals surface area contributed by atoms with E-state index in [1.165, 1.54) is 11.1 Å². The minimum absolute atomic E-state index is 0.0601. The molecule has 11 heteroatoms. The van der Waals surface area contributed by atoms with Crippen molar-refractivity contribution in [2.24, 2.45) is 17.6 Å². The van der Waals surface area contributed by atoms with E-state index in [0.29, 0.717) is 19.7 Å². The summed E-state index contributed by atoms with van der Waals surface area (Å²) in [6.07, 6.45) is -0.0601. The molecule has 2 aliphatic heterocycles. The topological polar surface area (TPSA) is 108 Å². The van der Waals surface area contributed by atoms with Gasteiger partial charge in [-0.2, -0.15) is 0 Å². The molecule has 1 aromatic heterocycles. The van der Waals surface area contributed by atoms with Gasteiger partial charge in [-0.3, -0.25) is 4.79 Å². The number of fused-ring (bicyclic) bond motifs is 2. The van der Waals surface area contributed by atoms with E-state index in [1.807, 2.05) is 17.0 Å². The summed E-state index contributed by atoms with van der Waals surface area (Å²) in [6.45, 7) is 14.7. The number of allylic oxidation sites excluding steroid dienone is 1.